The van der Waals surface area contributed by atoms with Crippen LogP contribution in [0.25, 0.3) is 0 Å². The van der Waals surface area contributed by atoms with Crippen molar-refractivity contribution in [1.82, 2.24) is 4.31 Å². The Morgan fingerprint density at radius 2 is 1.88 bits per heavy atom. The van der Waals surface area contributed by atoms with Crippen molar-refractivity contribution in [1.29, 1.82) is 0 Å². The largest absolute Gasteiger partial charge is 0.398 e. The molecule has 0 aliphatic carbocycles. The summed E-state index contributed by atoms with van der Waals surface area (Å²) in [7, 11) is -1.87. The predicted molar refractivity (Wildman–Crippen MR) is 70.1 cm³/mol. The lowest BCUT2D eigenvalue weighted by atomic mass is 10.1. The minimum atomic E-state index is -3.46. The first-order valence-corrected chi connectivity index (χ1v) is 7.10. The Bertz CT molecular complexity index is 469. The Kier molecular flexibility index (Phi) is 4.54. The number of anilines is 1. The van der Waals surface area contributed by atoms with Crippen LogP contribution in [0.15, 0.2) is 29.2 Å². The molecule has 0 amide bonds. The zero-order chi connectivity index (χ0) is 13.1. The third kappa shape index (κ3) is 3.44. The van der Waals surface area contributed by atoms with Gasteiger partial charge >= 0.3 is 0 Å². The molecule has 1 rings (SSSR count). The fourth-order valence-electron chi connectivity index (χ4n) is 1.44. The second-order valence-corrected chi connectivity index (χ2v) is 6.56. The monoisotopic (exact) mass is 256 g/mol. The van der Waals surface area contributed by atoms with Crippen molar-refractivity contribution in [3.63, 3.8) is 0 Å². The Labute approximate surface area is 103 Å². The quantitative estimate of drug-likeness (QED) is 0.819. The number of para-hydroxylation sites is 1. The third-order valence-corrected chi connectivity index (χ3v) is 4.56. The Hall–Kier alpha value is -1.07. The lowest BCUT2D eigenvalue weighted by Gasteiger charge is -2.19. The molecule has 0 aliphatic heterocycles. The van der Waals surface area contributed by atoms with Gasteiger partial charge in [-0.2, -0.15) is 0 Å². The topological polar surface area (TPSA) is 63.4 Å². The van der Waals surface area contributed by atoms with Gasteiger partial charge in [-0.3, -0.25) is 0 Å². The van der Waals surface area contributed by atoms with E-state index in [4.69, 9.17) is 5.73 Å². The number of sulfonamides is 1. The average molecular weight is 256 g/mol. The lowest BCUT2D eigenvalue weighted by molar-refractivity contribution is 0.428. The summed E-state index contributed by atoms with van der Waals surface area (Å²) >= 11 is 0. The minimum Gasteiger partial charge on any atom is -0.398 e. The number of hydrogen-bond acceptors (Lipinski definition) is 3. The normalized spacial score (nSPS) is 12.3. The van der Waals surface area contributed by atoms with E-state index in [1.54, 1.807) is 25.2 Å². The molecule has 5 heteroatoms. The summed E-state index contributed by atoms with van der Waals surface area (Å²) in [5, 5.41) is 0. The molecule has 96 valence electrons. The van der Waals surface area contributed by atoms with E-state index in [1.807, 2.05) is 0 Å². The molecule has 0 bridgehead atoms. The summed E-state index contributed by atoms with van der Waals surface area (Å²) < 4.78 is 25.8. The van der Waals surface area contributed by atoms with Gasteiger partial charge in [-0.1, -0.05) is 26.0 Å². The van der Waals surface area contributed by atoms with Crippen molar-refractivity contribution in [2.24, 2.45) is 5.92 Å². The van der Waals surface area contributed by atoms with Crippen LogP contribution in [-0.4, -0.2) is 26.3 Å². The van der Waals surface area contributed by atoms with Gasteiger partial charge in [0.1, 0.15) is 4.90 Å². The molecular weight excluding hydrogens is 236 g/mol. The summed E-state index contributed by atoms with van der Waals surface area (Å²) in [5.41, 5.74) is 5.99. The van der Waals surface area contributed by atoms with Crippen LogP contribution in [0.2, 0.25) is 0 Å². The second kappa shape index (κ2) is 5.51. The van der Waals surface area contributed by atoms with Gasteiger partial charge in [0.15, 0.2) is 0 Å². The maximum absolute atomic E-state index is 12.2. The van der Waals surface area contributed by atoms with Crippen LogP contribution >= 0.6 is 0 Å². The molecule has 0 atom stereocenters. The highest BCUT2D eigenvalue weighted by Gasteiger charge is 2.22. The van der Waals surface area contributed by atoms with Gasteiger partial charge in [0.2, 0.25) is 10.0 Å². The van der Waals surface area contributed by atoms with Gasteiger partial charge in [-0.05, 0) is 24.5 Å². The molecule has 1 aromatic rings. The van der Waals surface area contributed by atoms with Gasteiger partial charge < -0.3 is 5.73 Å². The number of nitrogens with zero attached hydrogens (tertiary/aromatic N) is 1. The highest BCUT2D eigenvalue weighted by atomic mass is 32.2. The minimum absolute atomic E-state index is 0.186. The summed E-state index contributed by atoms with van der Waals surface area (Å²) in [5.74, 6) is 0.473. The summed E-state index contributed by atoms with van der Waals surface area (Å²) in [6, 6.07) is 6.54. The second-order valence-electron chi connectivity index (χ2n) is 4.55. The summed E-state index contributed by atoms with van der Waals surface area (Å²) in [6.45, 7) is 4.64. The molecule has 17 heavy (non-hydrogen) atoms. The molecule has 1 aromatic carbocycles. The first-order chi connectivity index (χ1) is 7.85. The summed E-state index contributed by atoms with van der Waals surface area (Å²) in [4.78, 5) is 0.186. The summed E-state index contributed by atoms with van der Waals surface area (Å²) in [6.07, 6.45) is 0.836. The van der Waals surface area contributed by atoms with Crippen LogP contribution < -0.4 is 5.73 Å². The highest BCUT2D eigenvalue weighted by Crippen LogP contribution is 2.21. The zero-order valence-electron chi connectivity index (χ0n) is 10.6. The van der Waals surface area contributed by atoms with Gasteiger partial charge in [-0.25, -0.2) is 12.7 Å². The van der Waals surface area contributed by atoms with E-state index < -0.39 is 10.0 Å². The van der Waals surface area contributed by atoms with Crippen LogP contribution in [0.4, 0.5) is 5.69 Å². The number of nitrogen functional groups attached to an aromatic ring is 1. The molecule has 0 radical (unpaired) electrons. The third-order valence-electron chi connectivity index (χ3n) is 2.63. The molecule has 0 spiro atoms. The first-order valence-electron chi connectivity index (χ1n) is 5.66. The van der Waals surface area contributed by atoms with Crippen LogP contribution in [0.5, 0.6) is 0 Å². The number of rotatable bonds is 5. The van der Waals surface area contributed by atoms with Crippen LogP contribution in [0.3, 0.4) is 0 Å². The Balaban J connectivity index is 2.92. The Morgan fingerprint density at radius 1 is 1.29 bits per heavy atom. The van der Waals surface area contributed by atoms with Gasteiger partial charge in [0, 0.05) is 13.6 Å². The van der Waals surface area contributed by atoms with Crippen molar-refractivity contribution >= 4 is 15.7 Å². The molecule has 0 aromatic heterocycles. The zero-order valence-corrected chi connectivity index (χ0v) is 11.4. The van der Waals surface area contributed by atoms with Crippen LogP contribution in [0.1, 0.15) is 20.3 Å². The molecule has 0 unspecified atom stereocenters. The smallest absolute Gasteiger partial charge is 0.244 e. The molecule has 0 fully saturated rings. The van der Waals surface area contributed by atoms with Crippen LogP contribution in [0, 0.1) is 5.92 Å². The van der Waals surface area contributed by atoms with E-state index in [9.17, 15) is 8.42 Å². The van der Waals surface area contributed by atoms with Gasteiger partial charge in [0.25, 0.3) is 0 Å². The van der Waals surface area contributed by atoms with E-state index >= 15 is 0 Å². The van der Waals surface area contributed by atoms with Crippen molar-refractivity contribution in [3.8, 4) is 0 Å². The maximum Gasteiger partial charge on any atom is 0.244 e. The van der Waals surface area contributed by atoms with Crippen molar-refractivity contribution < 1.29 is 8.42 Å². The number of nitrogens with two attached hydrogens (primary N) is 1. The van der Waals surface area contributed by atoms with Crippen LogP contribution in [-0.2, 0) is 10.0 Å². The molecular formula is C12H20N2O2S. The predicted octanol–water partition coefficient (Wildman–Crippen LogP) is 1.94. The average Bonchev–Trinajstić information content (AvgIpc) is 2.26. The van der Waals surface area contributed by atoms with E-state index in [1.165, 1.54) is 10.4 Å². The number of benzene rings is 1. The molecule has 4 nitrogen and oxygen atoms in total. The van der Waals surface area contributed by atoms with Crippen molar-refractivity contribution in [3.05, 3.63) is 24.3 Å². The molecule has 0 heterocycles. The van der Waals surface area contributed by atoms with Gasteiger partial charge in [0.05, 0.1) is 5.69 Å². The van der Waals surface area contributed by atoms with E-state index in [0.29, 0.717) is 18.2 Å². The fourth-order valence-corrected chi connectivity index (χ4v) is 2.74. The van der Waals surface area contributed by atoms with E-state index in [-0.39, 0.29) is 4.90 Å². The maximum atomic E-state index is 12.2. The highest BCUT2D eigenvalue weighted by molar-refractivity contribution is 7.89. The molecule has 0 aliphatic rings. The molecule has 2 N–H and O–H groups in total. The van der Waals surface area contributed by atoms with Gasteiger partial charge in [-0.15, -0.1) is 0 Å². The first kappa shape index (κ1) is 14.0. The molecule has 0 saturated heterocycles. The molecule has 0 saturated carbocycles. The standard InChI is InChI=1S/C12H20N2O2S/c1-10(2)8-9-14(3)17(15,16)12-7-5-4-6-11(12)13/h4-7,10H,8-9,13H2,1-3H3. The van der Waals surface area contributed by atoms with E-state index in [2.05, 4.69) is 13.8 Å². The Morgan fingerprint density at radius 3 is 2.41 bits per heavy atom. The van der Waals surface area contributed by atoms with E-state index in [0.717, 1.165) is 6.42 Å². The SMILES string of the molecule is CC(C)CCN(C)S(=O)(=O)c1ccccc1N. The lowest BCUT2D eigenvalue weighted by Crippen LogP contribution is -2.29. The van der Waals surface area contributed by atoms with Crippen molar-refractivity contribution in [2.45, 2.75) is 25.2 Å². The van der Waals surface area contributed by atoms with Crippen molar-refractivity contribution in [2.75, 3.05) is 19.3 Å². The fraction of sp³-hybridized carbons (Fsp3) is 0.500. The number of hydrogen-bond donors (Lipinski definition) is 1.